The van der Waals surface area contributed by atoms with E-state index in [-0.39, 0.29) is 28.4 Å². The van der Waals surface area contributed by atoms with E-state index in [0.29, 0.717) is 47.6 Å². The average molecular weight is 735 g/mol. The van der Waals surface area contributed by atoms with Crippen LogP contribution in [0.2, 0.25) is 0 Å². The van der Waals surface area contributed by atoms with E-state index in [1.807, 2.05) is 48.5 Å². The molecule has 2 heterocycles. The number of aryl methyl sites for hydroxylation is 4. The molecule has 0 bridgehead atoms. The Labute approximate surface area is 314 Å². The van der Waals surface area contributed by atoms with Gasteiger partial charge in [0, 0.05) is 21.9 Å². The number of rotatable bonds is 18. The van der Waals surface area contributed by atoms with E-state index in [9.17, 15) is 14.7 Å². The molecule has 0 amide bonds. The van der Waals surface area contributed by atoms with Crippen molar-refractivity contribution in [3.8, 4) is 22.3 Å². The van der Waals surface area contributed by atoms with E-state index in [1.54, 1.807) is 24.3 Å². The summed E-state index contributed by atoms with van der Waals surface area (Å²) in [5.41, 5.74) is 4.16. The highest BCUT2D eigenvalue weighted by atomic mass is 19.1. The maximum absolute atomic E-state index is 15.1. The summed E-state index contributed by atoms with van der Waals surface area (Å²) >= 11 is 0. The molecular formula is C46H48F2O6. The molecule has 282 valence electrons. The number of hydrogen-bond donors (Lipinski definition) is 1. The molecule has 0 saturated heterocycles. The summed E-state index contributed by atoms with van der Waals surface area (Å²) in [6.45, 7) is 3.83. The van der Waals surface area contributed by atoms with Crippen molar-refractivity contribution < 1.29 is 27.5 Å². The first-order valence-corrected chi connectivity index (χ1v) is 19.2. The molecule has 0 unspecified atom stereocenters. The zero-order valence-electron chi connectivity index (χ0n) is 31.1. The minimum atomic E-state index is -0.597. The van der Waals surface area contributed by atoms with Crippen LogP contribution in [-0.4, -0.2) is 18.0 Å². The van der Waals surface area contributed by atoms with E-state index < -0.39 is 29.7 Å². The van der Waals surface area contributed by atoms with Crippen LogP contribution in [0.1, 0.15) is 87.5 Å². The smallest absolute Gasteiger partial charge is 0.344 e. The van der Waals surface area contributed by atoms with E-state index in [2.05, 4.69) is 13.8 Å². The predicted octanol–water partition coefficient (Wildman–Crippen LogP) is 10.9. The lowest BCUT2D eigenvalue weighted by Crippen LogP contribution is -2.16. The fourth-order valence-electron chi connectivity index (χ4n) is 7.09. The molecule has 54 heavy (non-hydrogen) atoms. The summed E-state index contributed by atoms with van der Waals surface area (Å²) in [5, 5.41) is 11.0. The Hall–Kier alpha value is -4.92. The minimum absolute atomic E-state index is 0.189. The van der Waals surface area contributed by atoms with Gasteiger partial charge < -0.3 is 18.7 Å². The van der Waals surface area contributed by atoms with Crippen LogP contribution in [0.25, 0.3) is 44.2 Å². The van der Waals surface area contributed by atoms with Gasteiger partial charge >= 0.3 is 11.3 Å². The normalized spacial score (nSPS) is 11.7. The number of halogens is 2. The quantitative estimate of drug-likeness (QED) is 0.0537. The van der Waals surface area contributed by atoms with Gasteiger partial charge in [0.25, 0.3) is 0 Å². The lowest BCUT2D eigenvalue weighted by molar-refractivity contribution is -0.0553. The Morgan fingerprint density at radius 1 is 0.556 bits per heavy atom. The van der Waals surface area contributed by atoms with E-state index >= 15 is 8.78 Å². The molecule has 0 fully saturated rings. The van der Waals surface area contributed by atoms with Crippen molar-refractivity contribution in [1.29, 1.82) is 0 Å². The van der Waals surface area contributed by atoms with E-state index in [0.717, 1.165) is 73.6 Å². The summed E-state index contributed by atoms with van der Waals surface area (Å²) in [5.74, 6) is -0.869. The second-order valence-corrected chi connectivity index (χ2v) is 14.2. The van der Waals surface area contributed by atoms with Crippen LogP contribution < -0.4 is 11.3 Å². The van der Waals surface area contributed by atoms with Crippen molar-refractivity contribution in [3.05, 3.63) is 140 Å². The molecule has 6 aromatic rings. The molecule has 0 saturated carbocycles. The Kier molecular flexibility index (Phi) is 13.2. The molecule has 0 aliphatic heterocycles. The highest BCUT2D eigenvalue weighted by Crippen LogP contribution is 2.28. The zero-order valence-corrected chi connectivity index (χ0v) is 31.1. The van der Waals surface area contributed by atoms with E-state index in [1.165, 1.54) is 12.1 Å². The molecule has 1 N–H and O–H groups in total. The van der Waals surface area contributed by atoms with Gasteiger partial charge in [0.2, 0.25) is 0 Å². The van der Waals surface area contributed by atoms with Crippen molar-refractivity contribution in [3.63, 3.8) is 0 Å². The molecule has 0 atom stereocenters. The fraction of sp³-hybridized carbons (Fsp3) is 0.348. The molecule has 6 rings (SSSR count). The number of fused-ring (bicyclic) bond motifs is 2. The summed E-state index contributed by atoms with van der Waals surface area (Å²) < 4.78 is 47.2. The van der Waals surface area contributed by atoms with Crippen molar-refractivity contribution in [2.75, 3.05) is 6.79 Å². The first kappa shape index (κ1) is 38.8. The first-order chi connectivity index (χ1) is 26.3. The summed E-state index contributed by atoms with van der Waals surface area (Å²) in [4.78, 5) is 26.0. The van der Waals surface area contributed by atoms with Gasteiger partial charge in [-0.25, -0.2) is 18.4 Å². The van der Waals surface area contributed by atoms with Gasteiger partial charge in [0.15, 0.2) is 0 Å². The van der Waals surface area contributed by atoms with Gasteiger partial charge in [-0.15, -0.1) is 0 Å². The second kappa shape index (κ2) is 18.4. The standard InChI is InChI=1S/C46H48F2O6/c1-3-5-7-9-30-15-21-37(41(47)23-30)39-27-34-17-11-32(25-43(34)53-45(39)50)13-19-36(52-29-49)20-14-33-12-18-35-28-40(46(51)54-44(35)26-33)38-22-16-31(24-42(38)48)10-8-6-4-2/h11-12,15-18,21-28,36,49H,3-10,13-14,19-20,29H2,1-2H3. The van der Waals surface area contributed by atoms with Crippen molar-refractivity contribution in [2.24, 2.45) is 0 Å². The van der Waals surface area contributed by atoms with Crippen LogP contribution in [0.15, 0.2) is 103 Å². The van der Waals surface area contributed by atoms with Crippen LogP contribution in [0.5, 0.6) is 0 Å². The number of ether oxygens (including phenoxy) is 1. The third-order valence-electron chi connectivity index (χ3n) is 10.2. The first-order valence-electron chi connectivity index (χ1n) is 19.2. The number of aliphatic hydroxyl groups is 1. The van der Waals surface area contributed by atoms with Gasteiger partial charge in [0.1, 0.15) is 29.6 Å². The van der Waals surface area contributed by atoms with Gasteiger partial charge in [-0.2, -0.15) is 0 Å². The van der Waals surface area contributed by atoms with Crippen LogP contribution >= 0.6 is 0 Å². The molecular weight excluding hydrogens is 686 g/mol. The van der Waals surface area contributed by atoms with Crippen LogP contribution in [0.3, 0.4) is 0 Å². The number of benzene rings is 4. The lowest BCUT2D eigenvalue weighted by Gasteiger charge is -2.17. The Balaban J connectivity index is 1.09. The topological polar surface area (TPSA) is 89.9 Å². The molecule has 0 spiro atoms. The molecule has 4 aromatic carbocycles. The predicted molar refractivity (Wildman–Crippen MR) is 211 cm³/mol. The molecule has 6 nitrogen and oxygen atoms in total. The maximum atomic E-state index is 15.1. The van der Waals surface area contributed by atoms with Crippen LogP contribution in [-0.2, 0) is 30.4 Å². The summed E-state index contributed by atoms with van der Waals surface area (Å²) in [6, 6.07) is 24.7. The zero-order chi connectivity index (χ0) is 38.0. The molecule has 8 heteroatoms. The highest BCUT2D eigenvalue weighted by molar-refractivity contribution is 5.83. The molecule has 2 aromatic heterocycles. The minimum Gasteiger partial charge on any atom is -0.422 e. The summed E-state index contributed by atoms with van der Waals surface area (Å²) in [7, 11) is 0. The monoisotopic (exact) mass is 734 g/mol. The van der Waals surface area contributed by atoms with Crippen molar-refractivity contribution >= 4 is 21.9 Å². The Morgan fingerprint density at radius 3 is 1.39 bits per heavy atom. The fourth-order valence-corrected chi connectivity index (χ4v) is 7.09. The average Bonchev–Trinajstić information content (AvgIpc) is 3.16. The van der Waals surface area contributed by atoms with Crippen molar-refractivity contribution in [2.45, 2.75) is 97.0 Å². The largest absolute Gasteiger partial charge is 0.422 e. The molecule has 0 radical (unpaired) electrons. The molecule has 0 aliphatic carbocycles. The maximum Gasteiger partial charge on any atom is 0.344 e. The second-order valence-electron chi connectivity index (χ2n) is 14.2. The summed E-state index contributed by atoms with van der Waals surface area (Å²) in [6.07, 6.45) is 10.1. The highest BCUT2D eigenvalue weighted by Gasteiger charge is 2.17. The third-order valence-corrected chi connectivity index (χ3v) is 10.2. The van der Waals surface area contributed by atoms with Crippen LogP contribution in [0.4, 0.5) is 8.78 Å². The Bertz CT molecular complexity index is 2160. The van der Waals surface area contributed by atoms with Crippen LogP contribution in [0, 0.1) is 11.6 Å². The number of hydrogen-bond acceptors (Lipinski definition) is 6. The lowest BCUT2D eigenvalue weighted by atomic mass is 9.98. The Morgan fingerprint density at radius 2 is 0.981 bits per heavy atom. The molecule has 0 aliphatic rings. The van der Waals surface area contributed by atoms with Crippen molar-refractivity contribution in [1.82, 2.24) is 0 Å². The van der Waals surface area contributed by atoms with Gasteiger partial charge in [-0.05, 0) is 110 Å². The number of aliphatic hydroxyl groups excluding tert-OH is 1. The van der Waals surface area contributed by atoms with Gasteiger partial charge in [-0.3, -0.25) is 0 Å². The van der Waals surface area contributed by atoms with Gasteiger partial charge in [-0.1, -0.05) is 88.1 Å². The SMILES string of the molecule is CCCCCc1ccc(-c2cc3ccc(CCC(CCc4ccc5cc(-c6ccc(CCCCC)cc6F)c(=O)oc5c4)OCO)cc3oc2=O)c(F)c1. The van der Waals surface area contributed by atoms with Gasteiger partial charge in [0.05, 0.1) is 17.2 Å². The van der Waals surface area contributed by atoms with E-state index in [4.69, 9.17) is 13.6 Å². The number of unbranched alkanes of at least 4 members (excludes halogenated alkanes) is 4. The third kappa shape index (κ3) is 9.59.